The highest BCUT2D eigenvalue weighted by Gasteiger charge is 2.21. The lowest BCUT2D eigenvalue weighted by atomic mass is 9.97. The Morgan fingerprint density at radius 2 is 1.62 bits per heavy atom. The molecule has 21 heavy (non-hydrogen) atoms. The Morgan fingerprint density at radius 3 is 2.14 bits per heavy atom. The van der Waals surface area contributed by atoms with E-state index in [-0.39, 0.29) is 0 Å². The second-order valence-corrected chi connectivity index (χ2v) is 5.33. The summed E-state index contributed by atoms with van der Waals surface area (Å²) in [5.74, 6) is -0.363. The number of carbonyl (C=O) groups is 1. The Morgan fingerprint density at radius 1 is 1.05 bits per heavy atom. The second-order valence-electron chi connectivity index (χ2n) is 5.33. The third-order valence-electron chi connectivity index (χ3n) is 3.61. The maximum Gasteiger partial charge on any atom is 0.345 e. The highest BCUT2D eigenvalue weighted by molar-refractivity contribution is 5.73. The molecule has 0 amide bonds. The number of hydrogen-bond donors (Lipinski definition) is 1. The average Bonchev–Trinajstić information content (AvgIpc) is 2.43. The smallest absolute Gasteiger partial charge is 0.345 e. The zero-order valence-corrected chi connectivity index (χ0v) is 12.6. The molecule has 1 atom stereocenters. The van der Waals surface area contributed by atoms with Crippen molar-refractivity contribution in [2.45, 2.75) is 33.3 Å². The number of carboxylic acid groups (broad SMARTS) is 1. The van der Waals surface area contributed by atoms with E-state index in [1.807, 2.05) is 51.1 Å². The Hall–Kier alpha value is -2.29. The van der Waals surface area contributed by atoms with Crippen LogP contribution in [0.3, 0.4) is 0 Å². The quantitative estimate of drug-likeness (QED) is 0.911. The lowest BCUT2D eigenvalue weighted by Gasteiger charge is -2.18. The van der Waals surface area contributed by atoms with E-state index in [1.54, 1.807) is 12.1 Å². The van der Waals surface area contributed by atoms with Crippen LogP contribution in [0, 0.1) is 20.8 Å². The van der Waals surface area contributed by atoms with Crippen molar-refractivity contribution in [2.24, 2.45) is 0 Å². The van der Waals surface area contributed by atoms with Gasteiger partial charge >= 0.3 is 5.97 Å². The summed E-state index contributed by atoms with van der Waals surface area (Å²) in [6, 6.07) is 13.4. The number of carboxylic acids is 1. The van der Waals surface area contributed by atoms with Gasteiger partial charge in [0.2, 0.25) is 0 Å². The molecule has 0 unspecified atom stereocenters. The van der Waals surface area contributed by atoms with E-state index < -0.39 is 12.1 Å². The molecule has 110 valence electrons. The topological polar surface area (TPSA) is 46.5 Å². The van der Waals surface area contributed by atoms with Gasteiger partial charge in [0.15, 0.2) is 6.10 Å². The second kappa shape index (κ2) is 6.44. The van der Waals surface area contributed by atoms with Crippen molar-refractivity contribution in [3.8, 4) is 5.75 Å². The first kappa shape index (κ1) is 15.1. The maximum absolute atomic E-state index is 11.5. The van der Waals surface area contributed by atoms with Crippen molar-refractivity contribution in [1.29, 1.82) is 0 Å². The predicted molar refractivity (Wildman–Crippen MR) is 82.9 cm³/mol. The molecule has 3 heteroatoms. The molecular weight excluding hydrogens is 264 g/mol. The lowest BCUT2D eigenvalue weighted by molar-refractivity contribution is -0.145. The highest BCUT2D eigenvalue weighted by Crippen LogP contribution is 2.19. The molecule has 2 aromatic rings. The van der Waals surface area contributed by atoms with Gasteiger partial charge in [0.25, 0.3) is 0 Å². The molecule has 0 radical (unpaired) electrons. The summed E-state index contributed by atoms with van der Waals surface area (Å²) in [6.45, 7) is 5.97. The van der Waals surface area contributed by atoms with Crippen LogP contribution >= 0.6 is 0 Å². The van der Waals surface area contributed by atoms with E-state index >= 15 is 0 Å². The monoisotopic (exact) mass is 284 g/mol. The van der Waals surface area contributed by atoms with E-state index in [2.05, 4.69) is 0 Å². The van der Waals surface area contributed by atoms with E-state index in [4.69, 9.17) is 4.74 Å². The molecular formula is C18H20O3. The molecule has 0 saturated carbocycles. The minimum Gasteiger partial charge on any atom is -0.478 e. The van der Waals surface area contributed by atoms with Crippen molar-refractivity contribution in [3.63, 3.8) is 0 Å². The van der Waals surface area contributed by atoms with Crippen LogP contribution < -0.4 is 4.74 Å². The molecule has 0 saturated heterocycles. The summed E-state index contributed by atoms with van der Waals surface area (Å²) in [4.78, 5) is 11.5. The summed E-state index contributed by atoms with van der Waals surface area (Å²) < 4.78 is 5.65. The molecule has 0 heterocycles. The normalized spacial score (nSPS) is 12.0. The van der Waals surface area contributed by atoms with Gasteiger partial charge in [-0.15, -0.1) is 0 Å². The molecule has 0 aromatic heterocycles. The molecule has 0 aliphatic rings. The van der Waals surface area contributed by atoms with Gasteiger partial charge in [0.05, 0.1) is 0 Å². The van der Waals surface area contributed by atoms with Crippen LogP contribution in [0.2, 0.25) is 0 Å². The molecule has 2 aromatic carbocycles. The number of rotatable bonds is 5. The maximum atomic E-state index is 11.5. The van der Waals surface area contributed by atoms with E-state index in [0.29, 0.717) is 12.2 Å². The summed E-state index contributed by atoms with van der Waals surface area (Å²) in [6.07, 6.45) is -0.519. The number of ether oxygens (including phenoxy) is 1. The molecule has 1 N–H and O–H groups in total. The minimum atomic E-state index is -0.946. The zero-order valence-electron chi connectivity index (χ0n) is 12.6. The standard InChI is InChI=1S/C18H20O3/c1-12-7-9-15(10-8-12)21-17(18(19)20)11-16-13(2)5-4-6-14(16)3/h4-10,17H,11H2,1-3H3,(H,19,20)/t17-/m1/s1. The molecule has 2 rings (SSSR count). The van der Waals surface area contributed by atoms with Gasteiger partial charge in [-0.3, -0.25) is 0 Å². The summed E-state index contributed by atoms with van der Waals surface area (Å²) in [7, 11) is 0. The van der Waals surface area contributed by atoms with Gasteiger partial charge in [-0.25, -0.2) is 4.79 Å². The molecule has 0 aliphatic carbocycles. The molecule has 0 bridgehead atoms. The van der Waals surface area contributed by atoms with Gasteiger partial charge < -0.3 is 9.84 Å². The number of aryl methyl sites for hydroxylation is 3. The summed E-state index contributed by atoms with van der Waals surface area (Å²) in [5.41, 5.74) is 4.34. The van der Waals surface area contributed by atoms with Crippen LogP contribution in [0.5, 0.6) is 5.75 Å². The fourth-order valence-electron chi connectivity index (χ4n) is 2.32. The van der Waals surface area contributed by atoms with Crippen LogP contribution in [0.1, 0.15) is 22.3 Å². The van der Waals surface area contributed by atoms with Gasteiger partial charge in [0, 0.05) is 6.42 Å². The first-order valence-corrected chi connectivity index (χ1v) is 6.98. The van der Waals surface area contributed by atoms with Crippen molar-refractivity contribution < 1.29 is 14.6 Å². The first-order chi connectivity index (χ1) is 9.97. The van der Waals surface area contributed by atoms with Gasteiger partial charge in [-0.05, 0) is 49.6 Å². The minimum absolute atomic E-state index is 0.363. The zero-order chi connectivity index (χ0) is 15.4. The van der Waals surface area contributed by atoms with Crippen LogP contribution in [0.15, 0.2) is 42.5 Å². The molecule has 3 nitrogen and oxygen atoms in total. The van der Waals surface area contributed by atoms with Crippen LogP contribution in [0.25, 0.3) is 0 Å². The number of hydrogen-bond acceptors (Lipinski definition) is 2. The molecule has 0 spiro atoms. The Bertz CT molecular complexity index is 609. The van der Waals surface area contributed by atoms with Crippen molar-refractivity contribution in [3.05, 3.63) is 64.7 Å². The van der Waals surface area contributed by atoms with Gasteiger partial charge in [-0.1, -0.05) is 35.9 Å². The largest absolute Gasteiger partial charge is 0.478 e. The fourth-order valence-corrected chi connectivity index (χ4v) is 2.32. The summed E-state index contributed by atoms with van der Waals surface area (Å²) >= 11 is 0. The van der Waals surface area contributed by atoms with Crippen LogP contribution in [0.4, 0.5) is 0 Å². The highest BCUT2D eigenvalue weighted by atomic mass is 16.5. The average molecular weight is 284 g/mol. The van der Waals surface area contributed by atoms with Gasteiger partial charge in [-0.2, -0.15) is 0 Å². The molecule has 0 fully saturated rings. The van der Waals surface area contributed by atoms with Crippen molar-refractivity contribution in [1.82, 2.24) is 0 Å². The van der Waals surface area contributed by atoms with Gasteiger partial charge in [0.1, 0.15) is 5.75 Å². The van der Waals surface area contributed by atoms with Crippen molar-refractivity contribution >= 4 is 5.97 Å². The lowest BCUT2D eigenvalue weighted by Crippen LogP contribution is -2.30. The third-order valence-corrected chi connectivity index (χ3v) is 3.61. The Kier molecular flexibility index (Phi) is 4.63. The Balaban J connectivity index is 2.20. The van der Waals surface area contributed by atoms with E-state index in [0.717, 1.165) is 22.3 Å². The Labute approximate surface area is 125 Å². The first-order valence-electron chi connectivity index (χ1n) is 6.98. The number of benzene rings is 2. The predicted octanol–water partition coefficient (Wildman–Crippen LogP) is 3.69. The SMILES string of the molecule is Cc1ccc(O[C@H](Cc2c(C)cccc2C)C(=O)O)cc1. The van der Waals surface area contributed by atoms with E-state index in [9.17, 15) is 9.90 Å². The fraction of sp³-hybridized carbons (Fsp3) is 0.278. The van der Waals surface area contributed by atoms with Crippen LogP contribution in [-0.2, 0) is 11.2 Å². The molecule has 0 aliphatic heterocycles. The van der Waals surface area contributed by atoms with Crippen molar-refractivity contribution in [2.75, 3.05) is 0 Å². The van der Waals surface area contributed by atoms with Crippen LogP contribution in [-0.4, -0.2) is 17.2 Å². The summed E-state index contributed by atoms with van der Waals surface area (Å²) in [5, 5.41) is 9.41. The number of aliphatic carboxylic acids is 1. The third kappa shape index (κ3) is 3.85. The van der Waals surface area contributed by atoms with E-state index in [1.165, 1.54) is 0 Å².